The van der Waals surface area contributed by atoms with Crippen LogP contribution in [0.3, 0.4) is 0 Å². The third kappa shape index (κ3) is 8.04. The number of anilines is 3. The van der Waals surface area contributed by atoms with Gasteiger partial charge in [-0.1, -0.05) is 279 Å². The van der Waals surface area contributed by atoms with Crippen molar-refractivity contribution in [2.75, 3.05) is 4.90 Å². The third-order valence-electron chi connectivity index (χ3n) is 16.0. The summed E-state index contributed by atoms with van der Waals surface area (Å²) in [5.74, 6) is 0. The van der Waals surface area contributed by atoms with Crippen LogP contribution in [0.4, 0.5) is 17.1 Å². The Morgan fingerprint density at radius 3 is 1.21 bits per heavy atom. The summed E-state index contributed by atoms with van der Waals surface area (Å²) in [6.07, 6.45) is 0. The van der Waals surface area contributed by atoms with Crippen molar-refractivity contribution in [3.8, 4) is 77.9 Å². The molecule has 0 heterocycles. The molecule has 78 heavy (non-hydrogen) atoms. The van der Waals surface area contributed by atoms with E-state index in [1.165, 1.54) is 94.2 Å². The van der Waals surface area contributed by atoms with Gasteiger partial charge >= 0.3 is 0 Å². The molecule has 0 radical (unpaired) electrons. The molecule has 1 aliphatic rings. The van der Waals surface area contributed by atoms with Gasteiger partial charge in [0.2, 0.25) is 0 Å². The summed E-state index contributed by atoms with van der Waals surface area (Å²) in [7, 11) is 0. The predicted octanol–water partition coefficient (Wildman–Crippen LogP) is 20.7. The average molecular weight is 992 g/mol. The molecule has 0 N–H and O–H groups in total. The Balaban J connectivity index is 0.912. The van der Waals surface area contributed by atoms with Gasteiger partial charge in [0.05, 0.1) is 11.1 Å². The van der Waals surface area contributed by atoms with Crippen LogP contribution in [0.5, 0.6) is 0 Å². The lowest BCUT2D eigenvalue weighted by molar-refractivity contribution is 0.769. The van der Waals surface area contributed by atoms with Gasteiger partial charge in [0.25, 0.3) is 0 Å². The summed E-state index contributed by atoms with van der Waals surface area (Å²) in [6.45, 7) is 0. The summed E-state index contributed by atoms with van der Waals surface area (Å²) in [4.78, 5) is 2.44. The molecule has 0 saturated heterocycles. The van der Waals surface area contributed by atoms with Gasteiger partial charge in [0.15, 0.2) is 0 Å². The van der Waals surface area contributed by atoms with Crippen LogP contribution >= 0.6 is 0 Å². The fourth-order valence-electron chi connectivity index (χ4n) is 12.4. The number of fused-ring (bicyclic) bond motifs is 4. The Morgan fingerprint density at radius 2 is 0.628 bits per heavy atom. The first-order valence-electron chi connectivity index (χ1n) is 27.0. The molecule has 1 aliphatic carbocycles. The zero-order valence-corrected chi connectivity index (χ0v) is 43.0. The Hall–Kier alpha value is -10.1. The van der Waals surface area contributed by atoms with Gasteiger partial charge in [-0.15, -0.1) is 0 Å². The third-order valence-corrected chi connectivity index (χ3v) is 16.0. The van der Waals surface area contributed by atoms with Gasteiger partial charge in [-0.25, -0.2) is 0 Å². The minimum Gasteiger partial charge on any atom is -0.310 e. The van der Waals surface area contributed by atoms with Crippen molar-refractivity contribution in [1.29, 1.82) is 0 Å². The van der Waals surface area contributed by atoms with Crippen molar-refractivity contribution < 1.29 is 0 Å². The summed E-state index contributed by atoms with van der Waals surface area (Å²) in [5.41, 5.74) is 24.7. The Kier molecular flexibility index (Phi) is 11.8. The molecule has 13 aromatic carbocycles. The van der Waals surface area contributed by atoms with E-state index in [4.69, 9.17) is 0 Å². The quantitative estimate of drug-likeness (QED) is 0.125. The molecular formula is C77H53N. The van der Waals surface area contributed by atoms with Crippen molar-refractivity contribution >= 4 is 27.8 Å². The Morgan fingerprint density at radius 1 is 0.218 bits per heavy atom. The lowest BCUT2D eigenvalue weighted by atomic mass is 9.67. The van der Waals surface area contributed by atoms with Crippen LogP contribution in [0.1, 0.15) is 22.3 Å². The molecule has 14 rings (SSSR count). The largest absolute Gasteiger partial charge is 0.310 e. The van der Waals surface area contributed by atoms with Gasteiger partial charge in [-0.3, -0.25) is 0 Å². The Bertz CT molecular complexity index is 4220. The second-order valence-electron chi connectivity index (χ2n) is 20.3. The molecule has 1 heteroatoms. The minimum atomic E-state index is -0.480. The van der Waals surface area contributed by atoms with Crippen molar-refractivity contribution in [3.63, 3.8) is 0 Å². The molecule has 13 aromatic rings. The zero-order chi connectivity index (χ0) is 51.8. The number of benzene rings is 13. The molecule has 0 atom stereocenters. The van der Waals surface area contributed by atoms with Gasteiger partial charge in [0, 0.05) is 16.9 Å². The fraction of sp³-hybridized carbons (Fsp3) is 0.0130. The summed E-state index contributed by atoms with van der Waals surface area (Å²) in [5, 5.41) is 2.44. The number of hydrogen-bond acceptors (Lipinski definition) is 1. The maximum absolute atomic E-state index is 2.45. The first kappa shape index (κ1) is 46.5. The predicted molar refractivity (Wildman–Crippen MR) is 329 cm³/mol. The monoisotopic (exact) mass is 991 g/mol. The second kappa shape index (κ2) is 19.9. The second-order valence-corrected chi connectivity index (χ2v) is 20.3. The first-order valence-corrected chi connectivity index (χ1v) is 27.0. The minimum absolute atomic E-state index is 0.480. The van der Waals surface area contributed by atoms with Crippen molar-refractivity contribution in [2.45, 2.75) is 5.41 Å². The summed E-state index contributed by atoms with van der Waals surface area (Å²) in [6, 6.07) is 118. The molecule has 0 aliphatic heterocycles. The molecule has 0 fully saturated rings. The van der Waals surface area contributed by atoms with Gasteiger partial charge < -0.3 is 4.90 Å². The smallest absolute Gasteiger partial charge is 0.0713 e. The highest BCUT2D eigenvalue weighted by molar-refractivity contribution is 6.09. The molecule has 0 aromatic heterocycles. The van der Waals surface area contributed by atoms with Crippen molar-refractivity contribution in [3.05, 3.63) is 344 Å². The highest BCUT2D eigenvalue weighted by Crippen LogP contribution is 2.57. The van der Waals surface area contributed by atoms with Crippen LogP contribution in [0.15, 0.2) is 322 Å². The van der Waals surface area contributed by atoms with Crippen LogP contribution < -0.4 is 4.90 Å². The van der Waals surface area contributed by atoms with E-state index < -0.39 is 5.41 Å². The zero-order valence-electron chi connectivity index (χ0n) is 43.0. The summed E-state index contributed by atoms with van der Waals surface area (Å²) >= 11 is 0. The standard InChI is InChI=1S/C77H53N/c1-6-22-56(23-7-1)66-50-44-60(52-72(66)58-26-10-3-11-27-58)54-40-46-64(47-41-54)78(75-39-19-17-35-70(75)71-37-21-29-59-28-20-36-67(76(59)71)57-24-8-2-9-25-57)65-48-42-55(43-49-65)61-45-51-69-68-34-16-18-38-73(68)77(74(69)53-61,62-30-12-4-13-31-62)63-32-14-5-15-33-63/h1-53H. The van der Waals surface area contributed by atoms with E-state index in [2.05, 4.69) is 326 Å². The molecule has 1 nitrogen and oxygen atoms in total. The maximum atomic E-state index is 2.45. The van der Waals surface area contributed by atoms with Crippen LogP contribution in [0, 0.1) is 0 Å². The Labute approximate surface area is 457 Å². The lowest BCUT2D eigenvalue weighted by Crippen LogP contribution is -2.28. The van der Waals surface area contributed by atoms with E-state index in [0.717, 1.165) is 33.8 Å². The van der Waals surface area contributed by atoms with Crippen LogP contribution in [0.25, 0.3) is 88.7 Å². The number of hydrogen-bond donors (Lipinski definition) is 0. The fourth-order valence-corrected chi connectivity index (χ4v) is 12.4. The van der Waals surface area contributed by atoms with E-state index >= 15 is 0 Å². The molecular weight excluding hydrogens is 939 g/mol. The average Bonchev–Trinajstić information content (AvgIpc) is 4.04. The normalized spacial score (nSPS) is 12.2. The van der Waals surface area contributed by atoms with E-state index in [9.17, 15) is 0 Å². The number of nitrogens with zero attached hydrogens (tertiary/aromatic N) is 1. The molecule has 0 saturated carbocycles. The highest BCUT2D eigenvalue weighted by atomic mass is 15.1. The topological polar surface area (TPSA) is 3.24 Å². The molecule has 366 valence electrons. The van der Waals surface area contributed by atoms with Gasteiger partial charge in [-0.2, -0.15) is 0 Å². The van der Waals surface area contributed by atoms with Gasteiger partial charge in [-0.05, 0) is 148 Å². The SMILES string of the molecule is c1ccc(-c2ccc(-c3ccc(N(c4ccc(-c5ccc6c(c5)C(c5ccccc5)(c5ccccc5)c5ccccc5-6)cc4)c4ccccc4-c4cccc5cccc(-c6ccccc6)c45)cc3)cc2-c2ccccc2)cc1. The van der Waals surface area contributed by atoms with Gasteiger partial charge in [0.1, 0.15) is 0 Å². The highest BCUT2D eigenvalue weighted by Gasteiger charge is 2.46. The molecule has 0 unspecified atom stereocenters. The number of para-hydroxylation sites is 1. The van der Waals surface area contributed by atoms with Crippen molar-refractivity contribution in [1.82, 2.24) is 0 Å². The van der Waals surface area contributed by atoms with Crippen LogP contribution in [-0.4, -0.2) is 0 Å². The van der Waals surface area contributed by atoms with Crippen LogP contribution in [-0.2, 0) is 5.41 Å². The summed E-state index contributed by atoms with van der Waals surface area (Å²) < 4.78 is 0. The van der Waals surface area contributed by atoms with E-state index in [-0.39, 0.29) is 0 Å². The van der Waals surface area contributed by atoms with E-state index in [0.29, 0.717) is 0 Å². The molecule has 0 amide bonds. The van der Waals surface area contributed by atoms with E-state index in [1.807, 2.05) is 0 Å². The first-order chi connectivity index (χ1) is 38.7. The molecule has 0 spiro atoms. The maximum Gasteiger partial charge on any atom is 0.0713 e. The van der Waals surface area contributed by atoms with Crippen molar-refractivity contribution in [2.24, 2.45) is 0 Å². The van der Waals surface area contributed by atoms with Crippen LogP contribution in [0.2, 0.25) is 0 Å². The lowest BCUT2D eigenvalue weighted by Gasteiger charge is -2.34. The number of rotatable bonds is 11. The van der Waals surface area contributed by atoms with E-state index in [1.54, 1.807) is 0 Å². The molecule has 0 bridgehead atoms.